The lowest BCUT2D eigenvalue weighted by Gasteiger charge is -2.14. The standard InChI is InChI=1S/C13H12Br2OS/c1-7-3-4-8(2)9(5-7)12(16)10-6-11(14)17-13(10)15/h3-6,12,16H,1-2H3. The number of aliphatic hydroxyl groups excluding tert-OH is 1. The van der Waals surface area contributed by atoms with E-state index in [1.165, 1.54) is 0 Å². The minimum absolute atomic E-state index is 0.577. The lowest BCUT2D eigenvalue weighted by Crippen LogP contribution is -2.01. The zero-order valence-electron chi connectivity index (χ0n) is 9.50. The minimum atomic E-state index is -0.577. The van der Waals surface area contributed by atoms with Gasteiger partial charge in [-0.1, -0.05) is 23.8 Å². The van der Waals surface area contributed by atoms with Crippen molar-refractivity contribution >= 4 is 43.2 Å². The Kier molecular flexibility index (Phi) is 4.08. The smallest absolute Gasteiger partial charge is 0.106 e. The Balaban J connectivity index is 2.46. The third kappa shape index (κ3) is 2.81. The summed E-state index contributed by atoms with van der Waals surface area (Å²) in [7, 11) is 0. The number of benzene rings is 1. The number of aliphatic hydroxyl groups is 1. The van der Waals surface area contributed by atoms with Crippen LogP contribution in [0.15, 0.2) is 31.8 Å². The van der Waals surface area contributed by atoms with E-state index in [1.54, 1.807) is 11.3 Å². The molecule has 0 aliphatic rings. The molecule has 1 heterocycles. The molecule has 0 radical (unpaired) electrons. The van der Waals surface area contributed by atoms with Crippen LogP contribution in [0.3, 0.4) is 0 Å². The van der Waals surface area contributed by atoms with Gasteiger partial charge in [0.2, 0.25) is 0 Å². The Morgan fingerprint density at radius 2 is 1.82 bits per heavy atom. The van der Waals surface area contributed by atoms with Gasteiger partial charge in [0.25, 0.3) is 0 Å². The van der Waals surface area contributed by atoms with Gasteiger partial charge >= 0.3 is 0 Å². The van der Waals surface area contributed by atoms with Crippen LogP contribution in [-0.2, 0) is 0 Å². The van der Waals surface area contributed by atoms with Gasteiger partial charge in [-0.15, -0.1) is 11.3 Å². The molecule has 1 aromatic heterocycles. The molecule has 1 aromatic carbocycles. The lowest BCUT2D eigenvalue weighted by atomic mass is 9.97. The van der Waals surface area contributed by atoms with E-state index < -0.39 is 6.10 Å². The van der Waals surface area contributed by atoms with E-state index in [1.807, 2.05) is 32.0 Å². The van der Waals surface area contributed by atoms with E-state index in [-0.39, 0.29) is 0 Å². The van der Waals surface area contributed by atoms with Crippen LogP contribution >= 0.6 is 43.2 Å². The molecule has 2 aromatic rings. The van der Waals surface area contributed by atoms with Gasteiger partial charge in [-0.3, -0.25) is 0 Å². The molecule has 0 aliphatic heterocycles. The molecule has 17 heavy (non-hydrogen) atoms. The predicted molar refractivity (Wildman–Crippen MR) is 79.7 cm³/mol. The molecule has 0 bridgehead atoms. The summed E-state index contributed by atoms with van der Waals surface area (Å²) < 4.78 is 1.99. The third-order valence-electron chi connectivity index (χ3n) is 2.71. The fourth-order valence-corrected chi connectivity index (χ4v) is 4.65. The van der Waals surface area contributed by atoms with Crippen molar-refractivity contribution in [1.82, 2.24) is 0 Å². The normalized spacial score (nSPS) is 12.8. The first-order valence-electron chi connectivity index (χ1n) is 5.19. The van der Waals surface area contributed by atoms with Crippen molar-refractivity contribution in [3.63, 3.8) is 0 Å². The van der Waals surface area contributed by atoms with Crippen molar-refractivity contribution in [3.05, 3.63) is 54.1 Å². The number of hydrogen-bond acceptors (Lipinski definition) is 2. The summed E-state index contributed by atoms with van der Waals surface area (Å²) in [6.07, 6.45) is -0.577. The average Bonchev–Trinajstić information content (AvgIpc) is 2.60. The molecule has 0 spiro atoms. The van der Waals surface area contributed by atoms with Crippen LogP contribution in [0.2, 0.25) is 0 Å². The molecule has 4 heteroatoms. The summed E-state index contributed by atoms with van der Waals surface area (Å²) in [6, 6.07) is 8.10. The predicted octanol–water partition coefficient (Wildman–Crippen LogP) is 4.97. The van der Waals surface area contributed by atoms with Gasteiger partial charge in [0.05, 0.1) is 7.57 Å². The molecule has 2 rings (SSSR count). The number of hydrogen-bond donors (Lipinski definition) is 1. The number of rotatable bonds is 2. The second-order valence-corrected chi connectivity index (χ2v) is 7.79. The van der Waals surface area contributed by atoms with Crippen LogP contribution in [0.1, 0.15) is 28.4 Å². The number of halogens is 2. The zero-order chi connectivity index (χ0) is 12.6. The van der Waals surface area contributed by atoms with E-state index in [0.717, 1.165) is 29.8 Å². The van der Waals surface area contributed by atoms with E-state index in [2.05, 4.69) is 37.9 Å². The summed E-state index contributed by atoms with van der Waals surface area (Å²) >= 11 is 8.50. The van der Waals surface area contributed by atoms with Gasteiger partial charge < -0.3 is 5.11 Å². The third-order valence-corrected chi connectivity index (χ3v) is 5.09. The van der Waals surface area contributed by atoms with Crippen LogP contribution in [0.25, 0.3) is 0 Å². The monoisotopic (exact) mass is 374 g/mol. The number of aryl methyl sites for hydroxylation is 2. The van der Waals surface area contributed by atoms with Crippen LogP contribution < -0.4 is 0 Å². The summed E-state index contributed by atoms with van der Waals surface area (Å²) in [6.45, 7) is 4.06. The Morgan fingerprint density at radius 1 is 1.12 bits per heavy atom. The van der Waals surface area contributed by atoms with Crippen molar-refractivity contribution in [1.29, 1.82) is 0 Å². The van der Waals surface area contributed by atoms with Gasteiger partial charge in [0.1, 0.15) is 6.10 Å². The van der Waals surface area contributed by atoms with E-state index in [0.29, 0.717) is 0 Å². The van der Waals surface area contributed by atoms with Crippen molar-refractivity contribution in [2.24, 2.45) is 0 Å². The summed E-state index contributed by atoms with van der Waals surface area (Å²) in [4.78, 5) is 0. The molecule has 90 valence electrons. The first kappa shape index (κ1) is 13.3. The fourth-order valence-electron chi connectivity index (χ4n) is 1.76. The van der Waals surface area contributed by atoms with Crippen molar-refractivity contribution < 1.29 is 5.11 Å². The van der Waals surface area contributed by atoms with Crippen LogP contribution in [0.4, 0.5) is 0 Å². The molecule has 0 aliphatic carbocycles. The number of thiophene rings is 1. The van der Waals surface area contributed by atoms with Crippen LogP contribution in [0.5, 0.6) is 0 Å². The lowest BCUT2D eigenvalue weighted by molar-refractivity contribution is 0.219. The van der Waals surface area contributed by atoms with E-state index in [9.17, 15) is 5.11 Å². The SMILES string of the molecule is Cc1ccc(C)c(C(O)c2cc(Br)sc2Br)c1. The maximum Gasteiger partial charge on any atom is 0.106 e. The minimum Gasteiger partial charge on any atom is -0.384 e. The molecule has 0 saturated heterocycles. The van der Waals surface area contributed by atoms with Gasteiger partial charge in [-0.2, -0.15) is 0 Å². The summed E-state index contributed by atoms with van der Waals surface area (Å²) in [5, 5.41) is 10.4. The maximum absolute atomic E-state index is 10.4. The molecule has 1 N–H and O–H groups in total. The van der Waals surface area contributed by atoms with E-state index >= 15 is 0 Å². The highest BCUT2D eigenvalue weighted by molar-refractivity contribution is 9.12. The molecule has 0 amide bonds. The molecular weight excluding hydrogens is 364 g/mol. The first-order chi connectivity index (χ1) is 7.99. The highest BCUT2D eigenvalue weighted by Crippen LogP contribution is 2.38. The maximum atomic E-state index is 10.4. The molecular formula is C13H12Br2OS. The topological polar surface area (TPSA) is 20.2 Å². The fraction of sp³-hybridized carbons (Fsp3) is 0.231. The molecule has 1 unspecified atom stereocenters. The Morgan fingerprint density at radius 3 is 2.41 bits per heavy atom. The average molecular weight is 376 g/mol. The second kappa shape index (κ2) is 5.22. The van der Waals surface area contributed by atoms with Gasteiger partial charge in [0.15, 0.2) is 0 Å². The second-order valence-electron chi connectivity index (χ2n) is 4.04. The van der Waals surface area contributed by atoms with Gasteiger partial charge in [0, 0.05) is 5.56 Å². The quantitative estimate of drug-likeness (QED) is 0.785. The highest BCUT2D eigenvalue weighted by atomic mass is 79.9. The van der Waals surface area contributed by atoms with E-state index in [4.69, 9.17) is 0 Å². The zero-order valence-corrected chi connectivity index (χ0v) is 13.5. The summed E-state index contributed by atoms with van der Waals surface area (Å²) in [5.74, 6) is 0. The van der Waals surface area contributed by atoms with Gasteiger partial charge in [-0.05, 0) is 62.9 Å². The van der Waals surface area contributed by atoms with Crippen molar-refractivity contribution in [2.45, 2.75) is 20.0 Å². The van der Waals surface area contributed by atoms with Crippen LogP contribution in [0, 0.1) is 13.8 Å². The summed E-state index contributed by atoms with van der Waals surface area (Å²) in [5.41, 5.74) is 4.15. The molecule has 0 saturated carbocycles. The van der Waals surface area contributed by atoms with Crippen LogP contribution in [-0.4, -0.2) is 5.11 Å². The van der Waals surface area contributed by atoms with Crippen molar-refractivity contribution in [3.8, 4) is 0 Å². The molecule has 0 fully saturated rings. The molecule has 1 nitrogen and oxygen atoms in total. The van der Waals surface area contributed by atoms with Gasteiger partial charge in [-0.25, -0.2) is 0 Å². The Hall–Kier alpha value is -0.160. The largest absolute Gasteiger partial charge is 0.384 e. The first-order valence-corrected chi connectivity index (χ1v) is 7.59. The molecule has 1 atom stereocenters. The highest BCUT2D eigenvalue weighted by Gasteiger charge is 2.18. The van der Waals surface area contributed by atoms with Crippen molar-refractivity contribution in [2.75, 3.05) is 0 Å². The Bertz CT molecular complexity index is 548. The Labute approximate surface area is 122 Å².